The summed E-state index contributed by atoms with van der Waals surface area (Å²) in [7, 11) is 0. The van der Waals surface area contributed by atoms with Gasteiger partial charge in [-0.25, -0.2) is 4.98 Å². The molecule has 1 atom stereocenters. The predicted molar refractivity (Wildman–Crippen MR) is 53.9 cm³/mol. The molecule has 1 heterocycles. The smallest absolute Gasteiger partial charge is 0.221 e. The third-order valence-corrected chi connectivity index (χ3v) is 1.92. The van der Waals surface area contributed by atoms with Gasteiger partial charge in [0.15, 0.2) is 0 Å². The Labute approximate surface area is 88.3 Å². The van der Waals surface area contributed by atoms with Crippen LogP contribution in [0.15, 0.2) is 12.7 Å². The van der Waals surface area contributed by atoms with Crippen molar-refractivity contribution < 1.29 is 9.90 Å². The van der Waals surface area contributed by atoms with Crippen LogP contribution < -0.4 is 5.32 Å². The van der Waals surface area contributed by atoms with Crippen LogP contribution in [0.5, 0.6) is 0 Å². The van der Waals surface area contributed by atoms with Crippen LogP contribution >= 0.6 is 0 Å². The lowest BCUT2D eigenvalue weighted by molar-refractivity contribution is -0.121. The summed E-state index contributed by atoms with van der Waals surface area (Å²) in [4.78, 5) is 15.0. The fourth-order valence-corrected chi connectivity index (χ4v) is 1.07. The van der Waals surface area contributed by atoms with E-state index in [0.717, 1.165) is 0 Å². The number of aliphatic hydroxyl groups is 1. The fraction of sp³-hybridized carbons (Fsp3) is 0.667. The summed E-state index contributed by atoms with van der Waals surface area (Å²) >= 11 is 0. The molecule has 1 amide bonds. The Morgan fingerprint density at radius 3 is 3.07 bits per heavy atom. The van der Waals surface area contributed by atoms with E-state index < -0.39 is 0 Å². The number of aromatic nitrogens is 3. The lowest BCUT2D eigenvalue weighted by Gasteiger charge is -2.06. The molecule has 1 aromatic heterocycles. The monoisotopic (exact) mass is 212 g/mol. The molecule has 2 N–H and O–H groups in total. The Hall–Kier alpha value is -1.43. The zero-order valence-corrected chi connectivity index (χ0v) is 8.76. The van der Waals surface area contributed by atoms with Gasteiger partial charge in [-0.15, -0.1) is 0 Å². The highest BCUT2D eigenvalue weighted by Gasteiger charge is 2.02. The van der Waals surface area contributed by atoms with Crippen LogP contribution in [0.2, 0.25) is 0 Å². The molecule has 0 saturated heterocycles. The van der Waals surface area contributed by atoms with Crippen molar-refractivity contribution in [3.05, 3.63) is 12.7 Å². The van der Waals surface area contributed by atoms with E-state index >= 15 is 0 Å². The van der Waals surface area contributed by atoms with Gasteiger partial charge >= 0.3 is 0 Å². The quantitative estimate of drug-likeness (QED) is 0.669. The van der Waals surface area contributed by atoms with Gasteiger partial charge in [0.2, 0.25) is 5.91 Å². The number of hydrogen-bond acceptors (Lipinski definition) is 4. The molecule has 6 nitrogen and oxygen atoms in total. The van der Waals surface area contributed by atoms with Gasteiger partial charge in [-0.2, -0.15) is 5.10 Å². The third kappa shape index (κ3) is 5.11. The normalized spacial score (nSPS) is 12.4. The first kappa shape index (κ1) is 11.6. The molecule has 0 saturated carbocycles. The molecule has 1 aromatic rings. The summed E-state index contributed by atoms with van der Waals surface area (Å²) in [5.41, 5.74) is 0. The maximum atomic E-state index is 11.3. The van der Waals surface area contributed by atoms with Gasteiger partial charge in [-0.1, -0.05) is 0 Å². The maximum Gasteiger partial charge on any atom is 0.221 e. The molecule has 0 bridgehead atoms. The topological polar surface area (TPSA) is 80.0 Å². The number of carbonyl (C=O) groups excluding carboxylic acids is 1. The highest BCUT2D eigenvalue weighted by molar-refractivity contribution is 5.75. The Balaban J connectivity index is 2.09. The first-order valence-electron chi connectivity index (χ1n) is 4.95. The van der Waals surface area contributed by atoms with Gasteiger partial charge in [0.1, 0.15) is 12.7 Å². The van der Waals surface area contributed by atoms with E-state index in [1.165, 1.54) is 6.33 Å². The molecule has 0 radical (unpaired) electrons. The molecule has 15 heavy (non-hydrogen) atoms. The van der Waals surface area contributed by atoms with Gasteiger partial charge < -0.3 is 10.4 Å². The Morgan fingerprint density at radius 2 is 2.47 bits per heavy atom. The molecule has 84 valence electrons. The maximum absolute atomic E-state index is 11.3. The van der Waals surface area contributed by atoms with Crippen molar-refractivity contribution in [2.24, 2.45) is 0 Å². The van der Waals surface area contributed by atoms with Gasteiger partial charge in [-0.05, 0) is 13.3 Å². The van der Waals surface area contributed by atoms with E-state index in [0.29, 0.717) is 25.9 Å². The first-order chi connectivity index (χ1) is 7.18. The zero-order valence-electron chi connectivity index (χ0n) is 8.76. The summed E-state index contributed by atoms with van der Waals surface area (Å²) in [6.07, 6.45) is 3.59. The number of nitrogens with zero attached hydrogens (tertiary/aromatic N) is 3. The van der Waals surface area contributed by atoms with E-state index in [-0.39, 0.29) is 12.0 Å². The minimum absolute atomic E-state index is 0.0360. The molecule has 0 aliphatic heterocycles. The van der Waals surface area contributed by atoms with Crippen molar-refractivity contribution >= 4 is 5.91 Å². The number of rotatable bonds is 6. The van der Waals surface area contributed by atoms with Crippen molar-refractivity contribution in [2.45, 2.75) is 32.4 Å². The predicted octanol–water partition coefficient (Wildman–Crippen LogP) is -0.445. The highest BCUT2D eigenvalue weighted by atomic mass is 16.3. The standard InChI is InChI=1S/C9H16N4O2/c1-8(14)2-4-11-9(15)3-5-13-7-10-6-12-13/h6-8,14H,2-5H2,1H3,(H,11,15). The summed E-state index contributed by atoms with van der Waals surface area (Å²) in [5, 5.41) is 15.6. The minimum Gasteiger partial charge on any atom is -0.393 e. The Morgan fingerprint density at radius 1 is 1.67 bits per heavy atom. The largest absolute Gasteiger partial charge is 0.393 e. The van der Waals surface area contributed by atoms with Crippen LogP contribution in [0.25, 0.3) is 0 Å². The molecule has 0 aliphatic carbocycles. The van der Waals surface area contributed by atoms with Crippen molar-refractivity contribution in [3.63, 3.8) is 0 Å². The van der Waals surface area contributed by atoms with Crippen molar-refractivity contribution in [2.75, 3.05) is 6.54 Å². The minimum atomic E-state index is -0.374. The van der Waals surface area contributed by atoms with Crippen LogP contribution in [0.1, 0.15) is 19.8 Å². The summed E-state index contributed by atoms with van der Waals surface area (Å²) in [5.74, 6) is -0.0360. The summed E-state index contributed by atoms with van der Waals surface area (Å²) in [6.45, 7) is 2.73. The van der Waals surface area contributed by atoms with Crippen LogP contribution in [0.3, 0.4) is 0 Å². The average Bonchev–Trinajstić information content (AvgIpc) is 2.66. The number of hydrogen-bond donors (Lipinski definition) is 2. The van der Waals surface area contributed by atoms with E-state index in [9.17, 15) is 4.79 Å². The van der Waals surface area contributed by atoms with E-state index in [1.807, 2.05) is 0 Å². The molecule has 1 rings (SSSR count). The summed E-state index contributed by atoms with van der Waals surface area (Å²) < 4.78 is 1.61. The summed E-state index contributed by atoms with van der Waals surface area (Å²) in [6, 6.07) is 0. The molecule has 6 heteroatoms. The number of aryl methyl sites for hydroxylation is 1. The zero-order chi connectivity index (χ0) is 11.1. The van der Waals surface area contributed by atoms with Crippen LogP contribution in [-0.4, -0.2) is 38.4 Å². The van der Waals surface area contributed by atoms with Gasteiger partial charge in [0, 0.05) is 13.0 Å². The van der Waals surface area contributed by atoms with Gasteiger partial charge in [0.25, 0.3) is 0 Å². The molecular weight excluding hydrogens is 196 g/mol. The van der Waals surface area contributed by atoms with E-state index in [4.69, 9.17) is 5.11 Å². The number of carbonyl (C=O) groups is 1. The van der Waals surface area contributed by atoms with Crippen LogP contribution in [0, 0.1) is 0 Å². The second-order valence-electron chi connectivity index (χ2n) is 3.40. The average molecular weight is 212 g/mol. The van der Waals surface area contributed by atoms with Crippen LogP contribution in [-0.2, 0) is 11.3 Å². The molecule has 0 spiro atoms. The number of aliphatic hydroxyl groups excluding tert-OH is 1. The number of nitrogens with one attached hydrogen (secondary N) is 1. The second kappa shape index (κ2) is 6.13. The molecule has 0 fully saturated rings. The van der Waals surface area contributed by atoms with E-state index in [2.05, 4.69) is 15.4 Å². The van der Waals surface area contributed by atoms with E-state index in [1.54, 1.807) is 17.9 Å². The molecule has 0 aliphatic rings. The highest BCUT2D eigenvalue weighted by Crippen LogP contribution is 1.89. The number of amides is 1. The van der Waals surface area contributed by atoms with Crippen molar-refractivity contribution in [1.29, 1.82) is 0 Å². The lowest BCUT2D eigenvalue weighted by Crippen LogP contribution is -2.27. The van der Waals surface area contributed by atoms with Gasteiger partial charge in [-0.3, -0.25) is 9.48 Å². The first-order valence-corrected chi connectivity index (χ1v) is 4.95. The fourth-order valence-electron chi connectivity index (χ4n) is 1.07. The molecule has 1 unspecified atom stereocenters. The molecular formula is C9H16N4O2. The van der Waals surface area contributed by atoms with Gasteiger partial charge in [0.05, 0.1) is 12.6 Å². The van der Waals surface area contributed by atoms with Crippen LogP contribution in [0.4, 0.5) is 0 Å². The Kier molecular flexibility index (Phi) is 4.76. The molecule has 0 aromatic carbocycles. The lowest BCUT2D eigenvalue weighted by atomic mass is 10.3. The second-order valence-corrected chi connectivity index (χ2v) is 3.40. The SMILES string of the molecule is CC(O)CCNC(=O)CCn1cncn1. The van der Waals surface area contributed by atoms with Crippen molar-refractivity contribution in [1.82, 2.24) is 20.1 Å². The third-order valence-electron chi connectivity index (χ3n) is 1.92. The Bertz CT molecular complexity index is 284. The van der Waals surface area contributed by atoms with Crippen molar-refractivity contribution in [3.8, 4) is 0 Å².